The number of methoxy groups -OCH3 is 3. The number of esters is 1. The first-order valence-corrected chi connectivity index (χ1v) is 7.90. The van der Waals surface area contributed by atoms with Gasteiger partial charge in [-0.3, -0.25) is 0 Å². The monoisotopic (exact) mass is 395 g/mol. The molecule has 0 amide bonds. The Morgan fingerprint density at radius 1 is 1.23 bits per heavy atom. The van der Waals surface area contributed by atoms with Crippen LogP contribution in [-0.2, 0) is 15.7 Å². The molecule has 26 heavy (non-hydrogen) atoms. The zero-order chi connectivity index (χ0) is 19.6. The highest BCUT2D eigenvalue weighted by Gasteiger charge is 2.41. The predicted molar refractivity (Wildman–Crippen MR) is 88.3 cm³/mol. The molecule has 1 fully saturated rings. The highest BCUT2D eigenvalue weighted by molar-refractivity contribution is 7.80. The van der Waals surface area contributed by atoms with Gasteiger partial charge in [0.25, 0.3) is 0 Å². The second kappa shape index (κ2) is 7.65. The average Bonchev–Trinajstić information content (AvgIpc) is 2.99. The Morgan fingerprint density at radius 3 is 2.38 bits per heavy atom. The lowest BCUT2D eigenvalue weighted by Gasteiger charge is -2.26. The number of nitrogens with zero attached hydrogens (tertiary/aromatic N) is 1. The number of benzene rings is 1. The summed E-state index contributed by atoms with van der Waals surface area (Å²) < 4.78 is 68.3. The van der Waals surface area contributed by atoms with Crippen LogP contribution in [0, 0.1) is 0 Å². The zero-order valence-corrected chi connectivity index (χ0v) is 15.0. The van der Waals surface area contributed by atoms with Crippen molar-refractivity contribution in [2.45, 2.75) is 24.8 Å². The van der Waals surface area contributed by atoms with E-state index in [2.05, 4.69) is 4.74 Å². The van der Waals surface area contributed by atoms with E-state index < -0.39 is 35.7 Å². The lowest BCUT2D eigenvalue weighted by atomic mass is 10.1. The number of likely N-dealkylation sites (tertiary alicyclic amines) is 1. The van der Waals surface area contributed by atoms with Crippen LogP contribution in [-0.4, -0.2) is 55.9 Å². The second-order valence-electron chi connectivity index (χ2n) is 5.59. The van der Waals surface area contributed by atoms with Crippen molar-refractivity contribution in [3.8, 4) is 11.5 Å². The van der Waals surface area contributed by atoms with E-state index in [1.807, 2.05) is 0 Å². The number of carbonyl (C=O) groups excluding carboxylic acids is 1. The average molecular weight is 395 g/mol. The summed E-state index contributed by atoms with van der Waals surface area (Å²) in [6, 6.07) is 1.06. The summed E-state index contributed by atoms with van der Waals surface area (Å²) in [7, 11) is 3.43. The second-order valence-corrected chi connectivity index (χ2v) is 5.97. The zero-order valence-electron chi connectivity index (χ0n) is 14.2. The minimum absolute atomic E-state index is 0.0343. The Bertz CT molecular complexity index is 710. The Labute approximate surface area is 152 Å². The summed E-state index contributed by atoms with van der Waals surface area (Å²) in [6.07, 6.45) is -6.22. The van der Waals surface area contributed by atoms with E-state index in [1.165, 1.54) is 18.1 Å². The molecule has 0 spiro atoms. The Balaban J connectivity index is 2.50. The lowest BCUT2D eigenvalue weighted by Crippen LogP contribution is -2.40. The summed E-state index contributed by atoms with van der Waals surface area (Å²) in [4.78, 5) is 13.0. The van der Waals surface area contributed by atoms with Crippen LogP contribution in [0.5, 0.6) is 11.5 Å². The number of rotatable bonds is 4. The molecule has 0 saturated carbocycles. The van der Waals surface area contributed by atoms with Crippen LogP contribution >= 0.6 is 12.2 Å². The number of halogens is 4. The van der Waals surface area contributed by atoms with Gasteiger partial charge in [-0.25, -0.2) is 9.18 Å². The van der Waals surface area contributed by atoms with Gasteiger partial charge in [0.05, 0.1) is 27.9 Å². The van der Waals surface area contributed by atoms with Gasteiger partial charge in [-0.1, -0.05) is 12.2 Å². The molecule has 1 aromatic rings. The maximum Gasteiger partial charge on any atom is 0.420 e. The van der Waals surface area contributed by atoms with E-state index in [4.69, 9.17) is 21.7 Å². The van der Waals surface area contributed by atoms with Gasteiger partial charge in [-0.05, 0) is 12.1 Å². The number of hydrogen-bond acceptors (Lipinski definition) is 5. The van der Waals surface area contributed by atoms with Gasteiger partial charge < -0.3 is 19.1 Å². The van der Waals surface area contributed by atoms with Gasteiger partial charge >= 0.3 is 12.1 Å². The van der Waals surface area contributed by atoms with Crippen molar-refractivity contribution < 1.29 is 36.6 Å². The third-order valence-electron chi connectivity index (χ3n) is 4.02. The van der Waals surface area contributed by atoms with Crippen LogP contribution in [0.4, 0.5) is 17.6 Å². The summed E-state index contributed by atoms with van der Waals surface area (Å²) in [5.74, 6) is -1.37. The minimum Gasteiger partial charge on any atom is -0.493 e. The highest BCUT2D eigenvalue weighted by Crippen LogP contribution is 2.43. The molecule has 1 aliphatic rings. The van der Waals surface area contributed by atoms with Crippen LogP contribution in [0.3, 0.4) is 0 Å². The fourth-order valence-electron chi connectivity index (χ4n) is 2.83. The van der Waals surface area contributed by atoms with Gasteiger partial charge in [0.2, 0.25) is 0 Å². The normalized spacial score (nSPS) is 20.0. The van der Waals surface area contributed by atoms with Crippen molar-refractivity contribution in [1.82, 2.24) is 4.90 Å². The predicted octanol–water partition coefficient (Wildman–Crippen LogP) is 2.98. The third kappa shape index (κ3) is 3.84. The number of alkyl halides is 4. The first kappa shape index (κ1) is 20.2. The maximum atomic E-state index is 13.8. The number of carbonyl (C=O) groups is 1. The molecule has 0 bridgehead atoms. The molecular formula is C16H17F4NO4S. The van der Waals surface area contributed by atoms with Crippen LogP contribution in [0.15, 0.2) is 12.1 Å². The van der Waals surface area contributed by atoms with Crippen molar-refractivity contribution in [2.75, 3.05) is 27.9 Å². The smallest absolute Gasteiger partial charge is 0.420 e. The van der Waals surface area contributed by atoms with Crippen molar-refractivity contribution in [3.63, 3.8) is 0 Å². The molecule has 0 aromatic heterocycles. The molecule has 0 N–H and O–H groups in total. The molecule has 2 atom stereocenters. The molecule has 1 aliphatic heterocycles. The number of ether oxygens (including phenoxy) is 3. The minimum atomic E-state index is -4.72. The molecule has 1 saturated heterocycles. The van der Waals surface area contributed by atoms with Gasteiger partial charge in [0.1, 0.15) is 22.8 Å². The lowest BCUT2D eigenvalue weighted by molar-refractivity contribution is -0.144. The van der Waals surface area contributed by atoms with E-state index in [0.29, 0.717) is 0 Å². The highest BCUT2D eigenvalue weighted by atomic mass is 32.1. The van der Waals surface area contributed by atoms with Gasteiger partial charge in [-0.15, -0.1) is 0 Å². The summed E-state index contributed by atoms with van der Waals surface area (Å²) in [5, 5.41) is 0. The maximum absolute atomic E-state index is 13.8. The van der Waals surface area contributed by atoms with E-state index in [1.54, 1.807) is 0 Å². The molecule has 10 heteroatoms. The molecule has 5 nitrogen and oxygen atoms in total. The van der Waals surface area contributed by atoms with E-state index >= 15 is 0 Å². The van der Waals surface area contributed by atoms with Crippen LogP contribution < -0.4 is 9.47 Å². The van der Waals surface area contributed by atoms with Crippen LogP contribution in [0.25, 0.3) is 0 Å². The standard InChI is InChI=1S/C16H17F4NO4S/c1-23-12-5-8(4-10(13(12)24-2)16(18,19)20)14(26)21-7-9(17)6-11(21)15(22)25-3/h4-5,9,11H,6-7H2,1-3H3. The third-order valence-corrected chi connectivity index (χ3v) is 4.49. The fourth-order valence-corrected chi connectivity index (χ4v) is 3.15. The summed E-state index contributed by atoms with van der Waals surface area (Å²) in [5.41, 5.74) is -1.12. The number of thiocarbonyl (C=S) groups is 1. The molecule has 0 radical (unpaired) electrons. The molecule has 0 aliphatic carbocycles. The van der Waals surface area contributed by atoms with E-state index in [0.717, 1.165) is 20.3 Å². The Hall–Kier alpha value is -2.10. The van der Waals surface area contributed by atoms with Crippen LogP contribution in [0.2, 0.25) is 0 Å². The van der Waals surface area contributed by atoms with Gasteiger partial charge in [-0.2, -0.15) is 13.2 Å². The van der Waals surface area contributed by atoms with Crippen LogP contribution in [0.1, 0.15) is 17.5 Å². The van der Waals surface area contributed by atoms with Gasteiger partial charge in [0, 0.05) is 12.0 Å². The van der Waals surface area contributed by atoms with Crippen molar-refractivity contribution >= 4 is 23.2 Å². The molecular weight excluding hydrogens is 378 g/mol. The largest absolute Gasteiger partial charge is 0.493 e. The first-order valence-electron chi connectivity index (χ1n) is 7.50. The van der Waals surface area contributed by atoms with Crippen molar-refractivity contribution in [3.05, 3.63) is 23.3 Å². The quantitative estimate of drug-likeness (QED) is 0.444. The fraction of sp³-hybridized carbons (Fsp3) is 0.500. The van der Waals surface area contributed by atoms with Crippen molar-refractivity contribution in [2.24, 2.45) is 0 Å². The molecule has 1 heterocycles. The number of hydrogen-bond donors (Lipinski definition) is 0. The molecule has 2 rings (SSSR count). The van der Waals surface area contributed by atoms with Gasteiger partial charge in [0.15, 0.2) is 11.5 Å². The topological polar surface area (TPSA) is 48.0 Å². The molecule has 2 unspecified atom stereocenters. The molecule has 144 valence electrons. The van der Waals surface area contributed by atoms with E-state index in [-0.39, 0.29) is 29.3 Å². The Kier molecular flexibility index (Phi) is 5.94. The van der Waals surface area contributed by atoms with E-state index in [9.17, 15) is 22.4 Å². The van der Waals surface area contributed by atoms with Crippen molar-refractivity contribution in [1.29, 1.82) is 0 Å². The summed E-state index contributed by atoms with van der Waals surface area (Å²) in [6.45, 7) is -0.214. The first-order chi connectivity index (χ1) is 12.1. The SMILES string of the molecule is COC(=O)C1CC(F)CN1C(=S)c1cc(OC)c(OC)c(C(F)(F)F)c1. The molecule has 1 aromatic carbocycles. The Morgan fingerprint density at radius 2 is 1.88 bits per heavy atom. The summed E-state index contributed by atoms with van der Waals surface area (Å²) >= 11 is 5.23.